The van der Waals surface area contributed by atoms with Gasteiger partial charge in [-0.1, -0.05) is 43.0 Å². The molecule has 1 aromatic heterocycles. The molecule has 0 saturated heterocycles. The summed E-state index contributed by atoms with van der Waals surface area (Å²) >= 11 is 0. The number of anilines is 1. The average Bonchev–Trinajstić information content (AvgIpc) is 2.87. The maximum absolute atomic E-state index is 13.6. The predicted octanol–water partition coefficient (Wildman–Crippen LogP) is 6.01. The quantitative estimate of drug-likeness (QED) is 0.490. The fourth-order valence-electron chi connectivity index (χ4n) is 4.89. The van der Waals surface area contributed by atoms with Crippen molar-refractivity contribution in [1.82, 2.24) is 9.88 Å². The Morgan fingerprint density at radius 2 is 1.69 bits per heavy atom. The van der Waals surface area contributed by atoms with Crippen LogP contribution >= 0.6 is 0 Å². The number of carboxylic acids is 1. The second kappa shape index (κ2) is 12.0. The zero-order valence-corrected chi connectivity index (χ0v) is 21.2. The van der Waals surface area contributed by atoms with Crippen molar-refractivity contribution in [2.24, 2.45) is 0 Å². The predicted molar refractivity (Wildman–Crippen MR) is 142 cm³/mol. The van der Waals surface area contributed by atoms with Crippen LogP contribution in [0.1, 0.15) is 75.1 Å². The summed E-state index contributed by atoms with van der Waals surface area (Å²) in [5, 5.41) is 9.71. The van der Waals surface area contributed by atoms with Crippen LogP contribution in [-0.2, 0) is 13.1 Å². The third-order valence-corrected chi connectivity index (χ3v) is 6.92. The van der Waals surface area contributed by atoms with Gasteiger partial charge >= 0.3 is 5.97 Å². The van der Waals surface area contributed by atoms with Crippen molar-refractivity contribution >= 4 is 17.6 Å². The minimum atomic E-state index is -0.963. The molecule has 6 heteroatoms. The second-order valence-corrected chi connectivity index (χ2v) is 9.76. The number of hydrogen-bond donors (Lipinski definition) is 1. The lowest BCUT2D eigenvalue weighted by Gasteiger charge is -2.30. The van der Waals surface area contributed by atoms with Crippen LogP contribution < -0.4 is 4.90 Å². The number of carbonyl (C=O) groups excluding carboxylic acids is 1. The Labute approximate surface area is 213 Å². The number of aromatic carboxylic acids is 1. The molecule has 0 saturated carbocycles. The molecular weight excluding hydrogens is 450 g/mol. The van der Waals surface area contributed by atoms with E-state index in [0.717, 1.165) is 56.4 Å². The van der Waals surface area contributed by atoms with E-state index < -0.39 is 5.97 Å². The summed E-state index contributed by atoms with van der Waals surface area (Å²) < 4.78 is 0. The van der Waals surface area contributed by atoms with Gasteiger partial charge in [0.1, 0.15) is 0 Å². The molecule has 4 rings (SSSR count). The first-order valence-electron chi connectivity index (χ1n) is 12.8. The van der Waals surface area contributed by atoms with E-state index in [9.17, 15) is 14.7 Å². The number of rotatable bonds is 4. The smallest absolute Gasteiger partial charge is 0.335 e. The van der Waals surface area contributed by atoms with Crippen LogP contribution in [0.3, 0.4) is 0 Å². The highest BCUT2D eigenvalue weighted by Crippen LogP contribution is 2.28. The Hall–Kier alpha value is -3.51. The Kier molecular flexibility index (Phi) is 8.49. The summed E-state index contributed by atoms with van der Waals surface area (Å²) in [6, 6.07) is 15.2. The summed E-state index contributed by atoms with van der Waals surface area (Å²) in [4.78, 5) is 33.8. The molecule has 1 amide bonds. The third kappa shape index (κ3) is 6.38. The Bertz CT molecular complexity index is 1210. The minimum absolute atomic E-state index is 0.106. The molecule has 0 bridgehead atoms. The highest BCUT2D eigenvalue weighted by atomic mass is 16.4. The molecule has 0 fully saturated rings. The van der Waals surface area contributed by atoms with Crippen LogP contribution in [0.25, 0.3) is 0 Å². The van der Waals surface area contributed by atoms with Gasteiger partial charge in [0.25, 0.3) is 5.91 Å². The number of carboxylic acid groups (broad SMARTS) is 1. The van der Waals surface area contributed by atoms with Crippen LogP contribution in [0.2, 0.25) is 0 Å². The van der Waals surface area contributed by atoms with Crippen molar-refractivity contribution in [3.8, 4) is 0 Å². The lowest BCUT2D eigenvalue weighted by atomic mass is 10.0. The Morgan fingerprint density at radius 1 is 0.917 bits per heavy atom. The van der Waals surface area contributed by atoms with E-state index in [1.54, 1.807) is 42.7 Å². The molecule has 1 aliphatic heterocycles. The van der Waals surface area contributed by atoms with Crippen molar-refractivity contribution in [3.05, 3.63) is 94.3 Å². The second-order valence-electron chi connectivity index (χ2n) is 9.76. The first-order valence-corrected chi connectivity index (χ1v) is 12.8. The molecule has 0 spiro atoms. The SMILES string of the molecule is Cc1ccc(C)c(CN2CCCCCCCN(C(=O)c3cccnc3)c3ccc(C(=O)O)cc3C2)c1. The van der Waals surface area contributed by atoms with Crippen LogP contribution in [-0.4, -0.2) is 40.0 Å². The topological polar surface area (TPSA) is 73.7 Å². The van der Waals surface area contributed by atoms with Gasteiger partial charge in [0.15, 0.2) is 0 Å². The Morgan fingerprint density at radius 3 is 2.44 bits per heavy atom. The summed E-state index contributed by atoms with van der Waals surface area (Å²) in [7, 11) is 0. The van der Waals surface area contributed by atoms with Gasteiger partial charge in [0.05, 0.1) is 11.1 Å². The molecule has 0 atom stereocenters. The van der Waals surface area contributed by atoms with Gasteiger partial charge < -0.3 is 10.0 Å². The zero-order chi connectivity index (χ0) is 25.5. The van der Waals surface area contributed by atoms with E-state index in [1.807, 2.05) is 4.90 Å². The van der Waals surface area contributed by atoms with E-state index in [2.05, 4.69) is 41.9 Å². The largest absolute Gasteiger partial charge is 0.478 e. The average molecular weight is 486 g/mol. The summed E-state index contributed by atoms with van der Waals surface area (Å²) in [5.41, 5.74) is 6.16. The third-order valence-electron chi connectivity index (χ3n) is 6.92. The van der Waals surface area contributed by atoms with E-state index in [0.29, 0.717) is 18.7 Å². The van der Waals surface area contributed by atoms with Crippen molar-refractivity contribution in [1.29, 1.82) is 0 Å². The number of fused-ring (bicyclic) bond motifs is 1. The number of amides is 1. The molecule has 3 aromatic rings. The first kappa shape index (κ1) is 25.6. The van der Waals surface area contributed by atoms with Crippen LogP contribution in [0.15, 0.2) is 60.9 Å². The molecule has 1 N–H and O–H groups in total. The zero-order valence-electron chi connectivity index (χ0n) is 21.2. The molecule has 188 valence electrons. The lowest BCUT2D eigenvalue weighted by molar-refractivity contribution is 0.0696. The molecular formula is C30H35N3O3. The van der Waals surface area contributed by atoms with Gasteiger partial charge in [-0.05, 0) is 80.3 Å². The van der Waals surface area contributed by atoms with Crippen molar-refractivity contribution < 1.29 is 14.7 Å². The normalized spacial score (nSPS) is 15.4. The highest BCUT2D eigenvalue weighted by Gasteiger charge is 2.23. The van der Waals surface area contributed by atoms with Crippen molar-refractivity contribution in [3.63, 3.8) is 0 Å². The van der Waals surface area contributed by atoms with Crippen LogP contribution in [0.4, 0.5) is 5.69 Å². The van der Waals surface area contributed by atoms with Crippen molar-refractivity contribution in [2.75, 3.05) is 18.0 Å². The summed E-state index contributed by atoms with van der Waals surface area (Å²) in [5.74, 6) is -1.07. The Balaban J connectivity index is 1.75. The standard InChI is InChI=1S/C30H35N3O3/c1-22-10-11-23(2)26(17-22)20-32-15-6-4-3-5-7-16-33(29(34)25-9-8-14-31-19-25)28-13-12-24(30(35)36)18-27(28)21-32/h8-14,17-19H,3-7,15-16,20-21H2,1-2H3,(H,35,36). The molecule has 1 aliphatic rings. The molecule has 0 aliphatic carbocycles. The first-order chi connectivity index (χ1) is 17.4. The van der Waals surface area contributed by atoms with E-state index >= 15 is 0 Å². The number of aryl methyl sites for hydroxylation is 2. The molecule has 0 unspecified atom stereocenters. The van der Waals surface area contributed by atoms with Crippen molar-refractivity contribution in [2.45, 2.75) is 59.0 Å². The number of carbonyl (C=O) groups is 2. The molecule has 2 aromatic carbocycles. The maximum atomic E-state index is 13.6. The minimum Gasteiger partial charge on any atom is -0.478 e. The molecule has 6 nitrogen and oxygen atoms in total. The number of aromatic nitrogens is 1. The van der Waals surface area contributed by atoms with Crippen LogP contribution in [0, 0.1) is 13.8 Å². The van der Waals surface area contributed by atoms with Gasteiger partial charge in [0, 0.05) is 37.7 Å². The van der Waals surface area contributed by atoms with Gasteiger partial charge in [0.2, 0.25) is 0 Å². The number of pyridine rings is 1. The lowest BCUT2D eigenvalue weighted by Crippen LogP contribution is -2.34. The highest BCUT2D eigenvalue weighted by molar-refractivity contribution is 6.06. The number of hydrogen-bond acceptors (Lipinski definition) is 4. The molecule has 36 heavy (non-hydrogen) atoms. The van der Waals surface area contributed by atoms with Gasteiger partial charge in [-0.2, -0.15) is 0 Å². The monoisotopic (exact) mass is 485 g/mol. The van der Waals surface area contributed by atoms with E-state index in [4.69, 9.17) is 0 Å². The van der Waals surface area contributed by atoms with Gasteiger partial charge in [-0.15, -0.1) is 0 Å². The molecule has 0 radical (unpaired) electrons. The number of nitrogens with zero attached hydrogens (tertiary/aromatic N) is 3. The summed E-state index contributed by atoms with van der Waals surface area (Å²) in [6.07, 6.45) is 8.58. The van der Waals surface area contributed by atoms with Crippen LogP contribution in [0.5, 0.6) is 0 Å². The fraction of sp³-hybridized carbons (Fsp3) is 0.367. The van der Waals surface area contributed by atoms with Gasteiger partial charge in [-0.25, -0.2) is 4.79 Å². The molecule has 2 heterocycles. The summed E-state index contributed by atoms with van der Waals surface area (Å²) in [6.45, 7) is 7.10. The van der Waals surface area contributed by atoms with E-state index in [-0.39, 0.29) is 11.5 Å². The maximum Gasteiger partial charge on any atom is 0.335 e. The van der Waals surface area contributed by atoms with E-state index in [1.165, 1.54) is 16.7 Å². The number of benzene rings is 2. The van der Waals surface area contributed by atoms with Gasteiger partial charge in [-0.3, -0.25) is 14.7 Å². The fourth-order valence-corrected chi connectivity index (χ4v) is 4.89.